The molecule has 172 valence electrons. The van der Waals surface area contributed by atoms with Crippen molar-refractivity contribution in [2.75, 3.05) is 19.8 Å². The highest BCUT2D eigenvalue weighted by molar-refractivity contribution is 5.44. The fourth-order valence-corrected chi connectivity index (χ4v) is 5.07. The minimum absolute atomic E-state index is 0.0490. The van der Waals surface area contributed by atoms with E-state index >= 15 is 0 Å². The van der Waals surface area contributed by atoms with Crippen LogP contribution in [0.2, 0.25) is 0 Å². The first-order valence-electron chi connectivity index (χ1n) is 11.4. The van der Waals surface area contributed by atoms with Crippen molar-refractivity contribution in [3.05, 3.63) is 59.7 Å². The van der Waals surface area contributed by atoms with Gasteiger partial charge in [0.2, 0.25) is 0 Å². The second-order valence-corrected chi connectivity index (χ2v) is 9.18. The predicted octanol–water partition coefficient (Wildman–Crippen LogP) is 5.74. The molecule has 2 aliphatic heterocycles. The molecule has 32 heavy (non-hydrogen) atoms. The van der Waals surface area contributed by atoms with E-state index < -0.39 is 6.36 Å². The molecule has 0 radical (unpaired) electrons. The van der Waals surface area contributed by atoms with Gasteiger partial charge in [-0.2, -0.15) is 0 Å². The van der Waals surface area contributed by atoms with Gasteiger partial charge in [0.25, 0.3) is 0 Å². The first kappa shape index (κ1) is 21.6. The molecule has 2 heterocycles. The molecule has 3 aliphatic rings. The molecule has 2 aromatic rings. The third-order valence-electron chi connectivity index (χ3n) is 6.77. The van der Waals surface area contributed by atoms with E-state index in [2.05, 4.69) is 22.2 Å². The summed E-state index contributed by atoms with van der Waals surface area (Å²) in [5, 5.41) is 3.62. The fraction of sp³-hybridized carbons (Fsp3) is 0.520. The van der Waals surface area contributed by atoms with E-state index in [0.717, 1.165) is 44.2 Å². The molecule has 1 N–H and O–H groups in total. The summed E-state index contributed by atoms with van der Waals surface area (Å²) >= 11 is 0. The number of hydrogen-bond donors (Lipinski definition) is 1. The molecule has 2 aromatic carbocycles. The molecule has 3 atom stereocenters. The summed E-state index contributed by atoms with van der Waals surface area (Å²) in [5.41, 5.74) is 1.52. The van der Waals surface area contributed by atoms with Crippen LogP contribution in [0.4, 0.5) is 13.2 Å². The van der Waals surface area contributed by atoms with Gasteiger partial charge in [0.15, 0.2) is 0 Å². The molecule has 4 nitrogen and oxygen atoms in total. The molecule has 2 saturated heterocycles. The lowest BCUT2D eigenvalue weighted by Gasteiger charge is -2.41. The monoisotopic (exact) mass is 447 g/mol. The Bertz CT molecular complexity index is 932. The SMILES string of the molecule is FC(F)(F)Oc1ccc(OCC2CC2)c([C@H]2CO[C@]3(CCCN[C@H]3c3ccccc3)C2)c1. The smallest absolute Gasteiger partial charge is 0.493 e. The molecule has 1 aliphatic carbocycles. The molecular formula is C25H28F3NO3. The van der Waals surface area contributed by atoms with Crippen LogP contribution in [-0.4, -0.2) is 31.7 Å². The topological polar surface area (TPSA) is 39.7 Å². The van der Waals surface area contributed by atoms with Gasteiger partial charge in [0, 0.05) is 11.5 Å². The van der Waals surface area contributed by atoms with E-state index in [9.17, 15) is 13.2 Å². The van der Waals surface area contributed by atoms with Crippen molar-refractivity contribution in [1.29, 1.82) is 0 Å². The Morgan fingerprint density at radius 3 is 2.66 bits per heavy atom. The molecule has 0 unspecified atom stereocenters. The molecule has 3 fully saturated rings. The van der Waals surface area contributed by atoms with Gasteiger partial charge >= 0.3 is 6.36 Å². The van der Waals surface area contributed by atoms with Crippen LogP contribution in [0.5, 0.6) is 11.5 Å². The van der Waals surface area contributed by atoms with Gasteiger partial charge in [-0.25, -0.2) is 0 Å². The van der Waals surface area contributed by atoms with Crippen LogP contribution < -0.4 is 14.8 Å². The van der Waals surface area contributed by atoms with Crippen LogP contribution in [-0.2, 0) is 4.74 Å². The minimum Gasteiger partial charge on any atom is -0.493 e. The Hall–Kier alpha value is -2.25. The summed E-state index contributed by atoms with van der Waals surface area (Å²) in [6.45, 7) is 1.96. The zero-order valence-electron chi connectivity index (χ0n) is 17.9. The molecule has 7 heteroatoms. The number of alkyl halides is 3. The highest BCUT2D eigenvalue weighted by Gasteiger charge is 2.49. The van der Waals surface area contributed by atoms with E-state index in [0.29, 0.717) is 24.9 Å². The minimum atomic E-state index is -4.73. The number of rotatable bonds is 6. The van der Waals surface area contributed by atoms with Crippen LogP contribution in [0.25, 0.3) is 0 Å². The summed E-state index contributed by atoms with van der Waals surface area (Å²) in [5.74, 6) is 0.905. The highest BCUT2D eigenvalue weighted by Crippen LogP contribution is 2.50. The first-order valence-corrected chi connectivity index (χ1v) is 11.4. The maximum absolute atomic E-state index is 12.9. The normalized spacial score (nSPS) is 28.1. The maximum Gasteiger partial charge on any atom is 0.573 e. The molecule has 0 bridgehead atoms. The van der Waals surface area contributed by atoms with Gasteiger partial charge in [0.05, 0.1) is 24.9 Å². The van der Waals surface area contributed by atoms with Crippen LogP contribution in [0, 0.1) is 5.92 Å². The van der Waals surface area contributed by atoms with Gasteiger partial charge in [-0.15, -0.1) is 13.2 Å². The van der Waals surface area contributed by atoms with Crippen molar-refractivity contribution < 1.29 is 27.4 Å². The zero-order valence-corrected chi connectivity index (χ0v) is 17.9. The summed E-state index contributed by atoms with van der Waals surface area (Å²) in [6, 6.07) is 14.7. The summed E-state index contributed by atoms with van der Waals surface area (Å²) in [6.07, 6.45) is 0.183. The second kappa shape index (κ2) is 8.60. The lowest BCUT2D eigenvalue weighted by molar-refractivity contribution is -0.274. The summed E-state index contributed by atoms with van der Waals surface area (Å²) in [7, 11) is 0. The molecular weight excluding hydrogens is 419 g/mol. The highest BCUT2D eigenvalue weighted by atomic mass is 19.4. The summed E-state index contributed by atoms with van der Waals surface area (Å²) in [4.78, 5) is 0. The molecule has 1 spiro atoms. The van der Waals surface area contributed by atoms with Gasteiger partial charge < -0.3 is 19.5 Å². The predicted molar refractivity (Wildman–Crippen MR) is 114 cm³/mol. The van der Waals surface area contributed by atoms with Crippen molar-refractivity contribution in [2.45, 2.75) is 56.0 Å². The number of piperidine rings is 1. The van der Waals surface area contributed by atoms with Gasteiger partial charge in [-0.05, 0) is 68.3 Å². The van der Waals surface area contributed by atoms with E-state index in [4.69, 9.17) is 9.47 Å². The average Bonchev–Trinajstić information content (AvgIpc) is 3.52. The third-order valence-corrected chi connectivity index (χ3v) is 6.77. The fourth-order valence-electron chi connectivity index (χ4n) is 5.07. The Morgan fingerprint density at radius 1 is 1.09 bits per heavy atom. The first-order chi connectivity index (χ1) is 15.4. The lowest BCUT2D eigenvalue weighted by atomic mass is 9.77. The summed E-state index contributed by atoms with van der Waals surface area (Å²) < 4.78 is 55.3. The van der Waals surface area contributed by atoms with E-state index in [1.165, 1.54) is 17.7 Å². The average molecular weight is 447 g/mol. The van der Waals surface area contributed by atoms with E-state index in [1.54, 1.807) is 6.07 Å². The van der Waals surface area contributed by atoms with Gasteiger partial charge in [0.1, 0.15) is 11.5 Å². The van der Waals surface area contributed by atoms with Crippen molar-refractivity contribution in [2.24, 2.45) is 5.92 Å². The second-order valence-electron chi connectivity index (χ2n) is 9.18. The quantitative estimate of drug-likeness (QED) is 0.613. The van der Waals surface area contributed by atoms with Crippen LogP contribution in [0.3, 0.4) is 0 Å². The van der Waals surface area contributed by atoms with Crippen LogP contribution in [0.15, 0.2) is 48.5 Å². The van der Waals surface area contributed by atoms with E-state index in [-0.39, 0.29) is 23.3 Å². The third kappa shape index (κ3) is 4.74. The van der Waals surface area contributed by atoms with Crippen molar-refractivity contribution >= 4 is 0 Å². The van der Waals surface area contributed by atoms with Crippen LogP contribution >= 0.6 is 0 Å². The Kier molecular flexibility index (Phi) is 5.80. The standard InChI is InChI=1S/C25H28F3NO3/c26-25(27,28)32-20-9-10-22(30-15-17-7-8-17)21(13-20)19-14-24(31-16-19)11-4-12-29-23(24)18-5-2-1-3-6-18/h1-3,5-6,9-10,13,17,19,23,29H,4,7-8,11-12,14-16H2/t19-,23+,24-/m1/s1. The molecule has 0 aromatic heterocycles. The van der Waals surface area contributed by atoms with Gasteiger partial charge in [-0.1, -0.05) is 30.3 Å². The Morgan fingerprint density at radius 2 is 1.91 bits per heavy atom. The number of ether oxygens (including phenoxy) is 3. The Balaban J connectivity index is 1.42. The van der Waals surface area contributed by atoms with E-state index in [1.807, 2.05) is 18.2 Å². The number of benzene rings is 2. The number of hydrogen-bond acceptors (Lipinski definition) is 4. The number of nitrogens with one attached hydrogen (secondary N) is 1. The van der Waals surface area contributed by atoms with Crippen molar-refractivity contribution in [3.63, 3.8) is 0 Å². The number of halogens is 3. The lowest BCUT2D eigenvalue weighted by Crippen LogP contribution is -2.48. The largest absolute Gasteiger partial charge is 0.573 e. The Labute approximate surface area is 186 Å². The van der Waals surface area contributed by atoms with Gasteiger partial charge in [-0.3, -0.25) is 0 Å². The molecule has 5 rings (SSSR count). The van der Waals surface area contributed by atoms with Crippen molar-refractivity contribution in [1.82, 2.24) is 5.32 Å². The zero-order chi connectivity index (χ0) is 22.2. The van der Waals surface area contributed by atoms with Crippen LogP contribution in [0.1, 0.15) is 55.2 Å². The molecule has 1 saturated carbocycles. The molecule has 0 amide bonds. The van der Waals surface area contributed by atoms with Crippen molar-refractivity contribution in [3.8, 4) is 11.5 Å². The maximum atomic E-state index is 12.9.